The van der Waals surface area contributed by atoms with E-state index in [0.717, 1.165) is 30.9 Å². The lowest BCUT2D eigenvalue weighted by molar-refractivity contribution is -0.384. The molecule has 1 saturated heterocycles. The molecule has 5 nitrogen and oxygen atoms in total. The van der Waals surface area contributed by atoms with Gasteiger partial charge in [0.15, 0.2) is 0 Å². The van der Waals surface area contributed by atoms with Crippen LogP contribution in [0.15, 0.2) is 18.2 Å². The summed E-state index contributed by atoms with van der Waals surface area (Å²) in [5.41, 5.74) is 1.81. The van der Waals surface area contributed by atoms with Crippen molar-refractivity contribution in [1.82, 2.24) is 5.32 Å². The first kappa shape index (κ1) is 14.3. The van der Waals surface area contributed by atoms with Gasteiger partial charge in [0.1, 0.15) is 5.69 Å². The largest absolute Gasteiger partial charge is 0.364 e. The zero-order valence-electron chi connectivity index (χ0n) is 12.5. The predicted octanol–water partition coefficient (Wildman–Crippen LogP) is 2.87. The summed E-state index contributed by atoms with van der Waals surface area (Å²) in [6, 6.07) is 6.12. The SMILES string of the molecule is Cc1cccc(N(CC2CC2)CC2CCCN2)c1[N+](=O)[O-]. The van der Waals surface area contributed by atoms with Gasteiger partial charge in [-0.25, -0.2) is 0 Å². The van der Waals surface area contributed by atoms with Crippen molar-refractivity contribution in [2.24, 2.45) is 5.92 Å². The minimum Gasteiger partial charge on any atom is -0.364 e. The zero-order valence-corrected chi connectivity index (χ0v) is 12.5. The molecule has 1 aliphatic heterocycles. The molecule has 1 aromatic rings. The maximum absolute atomic E-state index is 11.4. The molecule has 0 aromatic heterocycles. The van der Waals surface area contributed by atoms with Crippen LogP contribution < -0.4 is 10.2 Å². The van der Waals surface area contributed by atoms with E-state index in [2.05, 4.69) is 10.2 Å². The van der Waals surface area contributed by atoms with E-state index in [0.29, 0.717) is 12.0 Å². The van der Waals surface area contributed by atoms with Crippen LogP contribution in [0.2, 0.25) is 0 Å². The Morgan fingerprint density at radius 1 is 1.33 bits per heavy atom. The summed E-state index contributed by atoms with van der Waals surface area (Å²) < 4.78 is 0. The van der Waals surface area contributed by atoms with Gasteiger partial charge in [-0.1, -0.05) is 12.1 Å². The number of aryl methyl sites for hydroxylation is 1. The highest BCUT2D eigenvalue weighted by molar-refractivity contribution is 5.66. The van der Waals surface area contributed by atoms with Gasteiger partial charge in [-0.2, -0.15) is 0 Å². The van der Waals surface area contributed by atoms with Crippen LogP contribution in [0.25, 0.3) is 0 Å². The number of nitro benzene ring substituents is 1. The van der Waals surface area contributed by atoms with Crippen molar-refractivity contribution in [3.05, 3.63) is 33.9 Å². The Morgan fingerprint density at radius 3 is 2.76 bits per heavy atom. The Balaban J connectivity index is 1.87. The van der Waals surface area contributed by atoms with Crippen LogP contribution in [0, 0.1) is 23.0 Å². The monoisotopic (exact) mass is 289 g/mol. The smallest absolute Gasteiger partial charge is 0.295 e. The summed E-state index contributed by atoms with van der Waals surface area (Å²) >= 11 is 0. The molecule has 1 atom stereocenters. The first-order chi connectivity index (χ1) is 10.1. The van der Waals surface area contributed by atoms with Crippen LogP contribution in [-0.4, -0.2) is 30.6 Å². The molecule has 1 saturated carbocycles. The number of para-hydroxylation sites is 1. The Kier molecular flexibility index (Phi) is 4.10. The van der Waals surface area contributed by atoms with Gasteiger partial charge in [0.2, 0.25) is 0 Å². The standard InChI is InChI=1S/C16H23N3O2/c1-12-4-2-6-15(16(12)19(20)21)18(10-13-7-8-13)11-14-5-3-9-17-14/h2,4,6,13-14,17H,3,5,7-11H2,1H3. The summed E-state index contributed by atoms with van der Waals surface area (Å²) in [6.07, 6.45) is 4.89. The second-order valence-electron chi connectivity index (χ2n) is 6.34. The van der Waals surface area contributed by atoms with Gasteiger partial charge in [-0.15, -0.1) is 0 Å². The highest BCUT2D eigenvalue weighted by atomic mass is 16.6. The van der Waals surface area contributed by atoms with Gasteiger partial charge < -0.3 is 10.2 Å². The van der Waals surface area contributed by atoms with Gasteiger partial charge in [-0.3, -0.25) is 10.1 Å². The molecule has 0 spiro atoms. The van der Waals surface area contributed by atoms with Gasteiger partial charge in [-0.05, 0) is 51.1 Å². The van der Waals surface area contributed by atoms with Gasteiger partial charge in [0.25, 0.3) is 5.69 Å². The number of hydrogen-bond donors (Lipinski definition) is 1. The topological polar surface area (TPSA) is 58.4 Å². The van der Waals surface area contributed by atoms with Crippen molar-refractivity contribution < 1.29 is 4.92 Å². The first-order valence-corrected chi connectivity index (χ1v) is 7.87. The van der Waals surface area contributed by atoms with Crippen molar-refractivity contribution in [1.29, 1.82) is 0 Å². The van der Waals surface area contributed by atoms with Crippen LogP contribution in [0.1, 0.15) is 31.2 Å². The fourth-order valence-electron chi connectivity index (χ4n) is 3.20. The highest BCUT2D eigenvalue weighted by Gasteiger charge is 2.30. The lowest BCUT2D eigenvalue weighted by Crippen LogP contribution is -2.39. The molecule has 5 heteroatoms. The van der Waals surface area contributed by atoms with Crippen LogP contribution in [0.4, 0.5) is 11.4 Å². The lowest BCUT2D eigenvalue weighted by atomic mass is 10.1. The van der Waals surface area contributed by atoms with Crippen LogP contribution >= 0.6 is 0 Å². The third kappa shape index (κ3) is 3.35. The average molecular weight is 289 g/mol. The summed E-state index contributed by atoms with van der Waals surface area (Å²) in [7, 11) is 0. The third-order valence-corrected chi connectivity index (χ3v) is 4.52. The Morgan fingerprint density at radius 2 is 2.14 bits per heavy atom. The molecule has 1 heterocycles. The minimum absolute atomic E-state index is 0.230. The molecule has 21 heavy (non-hydrogen) atoms. The molecule has 1 unspecified atom stereocenters. The van der Waals surface area contributed by atoms with E-state index in [4.69, 9.17) is 0 Å². The highest BCUT2D eigenvalue weighted by Crippen LogP contribution is 2.36. The van der Waals surface area contributed by atoms with Gasteiger partial charge >= 0.3 is 0 Å². The molecule has 0 amide bonds. The third-order valence-electron chi connectivity index (χ3n) is 4.52. The van der Waals surface area contributed by atoms with Gasteiger partial charge in [0, 0.05) is 24.7 Å². The van der Waals surface area contributed by atoms with E-state index in [1.165, 1.54) is 25.7 Å². The lowest BCUT2D eigenvalue weighted by Gasteiger charge is -2.28. The van der Waals surface area contributed by atoms with E-state index >= 15 is 0 Å². The van der Waals surface area contributed by atoms with Crippen LogP contribution in [0.5, 0.6) is 0 Å². The summed E-state index contributed by atoms with van der Waals surface area (Å²) in [6.45, 7) is 4.71. The number of hydrogen-bond acceptors (Lipinski definition) is 4. The molecule has 2 fully saturated rings. The molecular formula is C16H23N3O2. The average Bonchev–Trinajstić information content (AvgIpc) is 3.11. The maximum Gasteiger partial charge on any atom is 0.295 e. The first-order valence-electron chi connectivity index (χ1n) is 7.87. The molecule has 1 aliphatic carbocycles. The number of nitrogens with one attached hydrogen (secondary N) is 1. The normalized spacial score (nSPS) is 21.5. The summed E-state index contributed by atoms with van der Waals surface area (Å²) in [5.74, 6) is 0.714. The van der Waals surface area contributed by atoms with E-state index in [1.54, 1.807) is 0 Å². The number of nitrogens with zero attached hydrogens (tertiary/aromatic N) is 2. The molecule has 0 radical (unpaired) electrons. The predicted molar refractivity (Wildman–Crippen MR) is 83.8 cm³/mol. The number of rotatable bonds is 6. The second-order valence-corrected chi connectivity index (χ2v) is 6.34. The quantitative estimate of drug-likeness (QED) is 0.646. The molecule has 3 rings (SSSR count). The molecular weight excluding hydrogens is 266 g/mol. The van der Waals surface area contributed by atoms with E-state index in [9.17, 15) is 10.1 Å². The minimum atomic E-state index is -0.230. The van der Waals surface area contributed by atoms with Crippen molar-refractivity contribution in [3.8, 4) is 0 Å². The Bertz CT molecular complexity index is 522. The van der Waals surface area contributed by atoms with Crippen LogP contribution in [-0.2, 0) is 0 Å². The Hall–Kier alpha value is -1.62. The van der Waals surface area contributed by atoms with Crippen LogP contribution in [0.3, 0.4) is 0 Å². The number of benzene rings is 1. The molecule has 114 valence electrons. The molecule has 2 aliphatic rings. The molecule has 1 N–H and O–H groups in total. The van der Waals surface area contributed by atoms with Crippen molar-refractivity contribution in [2.75, 3.05) is 24.5 Å². The Labute approximate surface area is 125 Å². The van der Waals surface area contributed by atoms with Gasteiger partial charge in [0.05, 0.1) is 4.92 Å². The van der Waals surface area contributed by atoms with Crippen molar-refractivity contribution in [2.45, 2.75) is 38.6 Å². The number of nitro groups is 1. The molecule has 1 aromatic carbocycles. The fourth-order valence-corrected chi connectivity index (χ4v) is 3.20. The number of anilines is 1. The molecule has 0 bridgehead atoms. The van der Waals surface area contributed by atoms with E-state index in [1.807, 2.05) is 25.1 Å². The summed E-state index contributed by atoms with van der Waals surface area (Å²) in [5, 5.41) is 15.0. The maximum atomic E-state index is 11.4. The van der Waals surface area contributed by atoms with E-state index in [-0.39, 0.29) is 10.6 Å². The fraction of sp³-hybridized carbons (Fsp3) is 0.625. The second kappa shape index (κ2) is 6.02. The van der Waals surface area contributed by atoms with E-state index < -0.39 is 0 Å². The van der Waals surface area contributed by atoms with Crippen molar-refractivity contribution in [3.63, 3.8) is 0 Å². The zero-order chi connectivity index (χ0) is 14.8. The summed E-state index contributed by atoms with van der Waals surface area (Å²) in [4.78, 5) is 13.5. The van der Waals surface area contributed by atoms with Crippen molar-refractivity contribution >= 4 is 11.4 Å².